The Bertz CT molecular complexity index is 1650. The normalized spacial score (nSPS) is 14.2. The molecule has 0 spiro atoms. The number of hydrogen-bond acceptors (Lipinski definition) is 8. The lowest BCUT2D eigenvalue weighted by Gasteiger charge is -2.34. The molecule has 2 aromatic carbocycles. The first-order valence-corrected chi connectivity index (χ1v) is 15.5. The van der Waals surface area contributed by atoms with Gasteiger partial charge in [-0.25, -0.2) is 4.98 Å². The molecule has 0 saturated carbocycles. The summed E-state index contributed by atoms with van der Waals surface area (Å²) in [5.74, 6) is -3.62. The van der Waals surface area contributed by atoms with Crippen LogP contribution in [-0.4, -0.2) is 51.7 Å². The topological polar surface area (TPSA) is 115 Å². The standard InChI is InChI=1S/C34H35N5O4S/c1-5-7-19-37(20-8-6-2)34-36-30(25-15-11-9-12-16-25)29(44-34)21-27-23(3)28(22-35)33(43)39(32(27)42)38(24(4)40)31(41)26-17-13-10-14-18-26/h9-18,21H,5-8,19-20H2,1-4H3. The fourth-order valence-electron chi connectivity index (χ4n) is 4.82. The molecule has 9 nitrogen and oxygen atoms in total. The van der Waals surface area contributed by atoms with E-state index >= 15 is 0 Å². The summed E-state index contributed by atoms with van der Waals surface area (Å²) in [5.41, 5.74) is 1.46. The highest BCUT2D eigenvalue weighted by Gasteiger charge is 2.43. The number of anilines is 1. The van der Waals surface area contributed by atoms with Crippen LogP contribution in [0.3, 0.4) is 0 Å². The van der Waals surface area contributed by atoms with Crippen LogP contribution in [0.15, 0.2) is 77.4 Å². The second-order valence-corrected chi connectivity index (χ2v) is 11.4. The zero-order valence-corrected chi connectivity index (χ0v) is 26.2. The van der Waals surface area contributed by atoms with Crippen molar-refractivity contribution in [3.05, 3.63) is 87.8 Å². The van der Waals surface area contributed by atoms with Gasteiger partial charge in [-0.1, -0.05) is 86.6 Å². The number of rotatable bonds is 11. The van der Waals surface area contributed by atoms with E-state index in [1.54, 1.807) is 24.3 Å². The zero-order valence-electron chi connectivity index (χ0n) is 25.4. The number of nitriles is 1. The third-order valence-corrected chi connectivity index (χ3v) is 8.29. The molecule has 0 unspecified atom stereocenters. The highest BCUT2D eigenvalue weighted by atomic mass is 32.1. The smallest absolute Gasteiger partial charge is 0.291 e. The van der Waals surface area contributed by atoms with Gasteiger partial charge in [-0.3, -0.25) is 19.2 Å². The van der Waals surface area contributed by atoms with Gasteiger partial charge >= 0.3 is 0 Å². The molecular weight excluding hydrogens is 574 g/mol. The van der Waals surface area contributed by atoms with Gasteiger partial charge in [0.1, 0.15) is 11.6 Å². The maximum Gasteiger partial charge on any atom is 0.291 e. The number of thiazole rings is 1. The fourth-order valence-corrected chi connectivity index (χ4v) is 5.90. The van der Waals surface area contributed by atoms with Crippen molar-refractivity contribution in [1.29, 1.82) is 5.26 Å². The second-order valence-electron chi connectivity index (χ2n) is 10.4. The summed E-state index contributed by atoms with van der Waals surface area (Å²) in [7, 11) is 0. The second kappa shape index (κ2) is 14.5. The average molecular weight is 610 g/mol. The van der Waals surface area contributed by atoms with Crippen LogP contribution in [0.4, 0.5) is 5.13 Å². The molecule has 0 radical (unpaired) electrons. The minimum atomic E-state index is -1.04. The quantitative estimate of drug-likeness (QED) is 0.182. The molecule has 3 aromatic rings. The first kappa shape index (κ1) is 32.0. The molecule has 226 valence electrons. The van der Waals surface area contributed by atoms with E-state index in [0.717, 1.165) is 56.4 Å². The number of aromatic nitrogens is 1. The van der Waals surface area contributed by atoms with Crippen molar-refractivity contribution in [2.75, 3.05) is 18.0 Å². The summed E-state index contributed by atoms with van der Waals surface area (Å²) < 4.78 is 0. The Morgan fingerprint density at radius 3 is 2.09 bits per heavy atom. The van der Waals surface area contributed by atoms with Crippen LogP contribution in [0.2, 0.25) is 0 Å². The SMILES string of the molecule is CCCCN(CCCC)c1nc(-c2ccccc2)c(C=C2C(=O)N(N(C(C)=O)C(=O)c3ccccc3)C(=O)C(C#N)=C2C)s1. The molecular formula is C34H35N5O4S. The predicted molar refractivity (Wildman–Crippen MR) is 171 cm³/mol. The monoisotopic (exact) mass is 609 g/mol. The highest BCUT2D eigenvalue weighted by Crippen LogP contribution is 2.37. The van der Waals surface area contributed by atoms with E-state index in [1.165, 1.54) is 30.4 Å². The average Bonchev–Trinajstić information content (AvgIpc) is 3.45. The molecule has 1 aromatic heterocycles. The number of unbranched alkanes of at least 4 members (excludes halogenated alkanes) is 2. The molecule has 1 aliphatic heterocycles. The van der Waals surface area contributed by atoms with E-state index in [2.05, 4.69) is 18.7 Å². The van der Waals surface area contributed by atoms with Crippen LogP contribution in [0, 0.1) is 11.3 Å². The van der Waals surface area contributed by atoms with Crippen LogP contribution in [-0.2, 0) is 14.4 Å². The Kier molecular flexibility index (Phi) is 10.6. The molecule has 10 heteroatoms. The Morgan fingerprint density at radius 2 is 1.55 bits per heavy atom. The molecule has 4 amide bonds. The number of nitrogens with zero attached hydrogens (tertiary/aromatic N) is 5. The molecule has 4 rings (SSSR count). The predicted octanol–water partition coefficient (Wildman–Crippen LogP) is 6.41. The Labute approximate surface area is 261 Å². The summed E-state index contributed by atoms with van der Waals surface area (Å²) in [6, 6.07) is 19.3. The van der Waals surface area contributed by atoms with Crippen molar-refractivity contribution in [2.24, 2.45) is 0 Å². The number of carbonyl (C=O) groups is 4. The van der Waals surface area contributed by atoms with Crippen molar-refractivity contribution in [2.45, 2.75) is 53.4 Å². The summed E-state index contributed by atoms with van der Waals surface area (Å²) in [6.07, 6.45) is 5.68. The van der Waals surface area contributed by atoms with Gasteiger partial charge in [0.05, 0.1) is 10.6 Å². The van der Waals surface area contributed by atoms with E-state index < -0.39 is 23.6 Å². The van der Waals surface area contributed by atoms with E-state index in [-0.39, 0.29) is 22.3 Å². The van der Waals surface area contributed by atoms with E-state index in [1.807, 2.05) is 36.4 Å². The van der Waals surface area contributed by atoms with Gasteiger partial charge in [-0.15, -0.1) is 0 Å². The summed E-state index contributed by atoms with van der Waals surface area (Å²) in [5, 5.41) is 11.8. The Morgan fingerprint density at radius 1 is 0.955 bits per heavy atom. The van der Waals surface area contributed by atoms with Gasteiger partial charge in [0.2, 0.25) is 5.91 Å². The molecule has 0 saturated heterocycles. The fraction of sp³-hybridized carbons (Fsp3) is 0.294. The number of amides is 4. The number of benzene rings is 2. The molecule has 0 aliphatic carbocycles. The van der Waals surface area contributed by atoms with Crippen molar-refractivity contribution >= 4 is 46.2 Å². The number of hydrazine groups is 1. The van der Waals surface area contributed by atoms with Crippen LogP contribution in [0.1, 0.15) is 68.6 Å². The van der Waals surface area contributed by atoms with Crippen molar-refractivity contribution in [1.82, 2.24) is 15.0 Å². The lowest BCUT2D eigenvalue weighted by molar-refractivity contribution is -0.163. The van der Waals surface area contributed by atoms with E-state index in [9.17, 15) is 24.4 Å². The van der Waals surface area contributed by atoms with Crippen molar-refractivity contribution < 1.29 is 19.2 Å². The van der Waals surface area contributed by atoms with Gasteiger partial charge in [0.15, 0.2) is 5.13 Å². The molecule has 2 heterocycles. The Balaban J connectivity index is 1.88. The lowest BCUT2D eigenvalue weighted by atomic mass is 9.95. The number of imide groups is 2. The first-order valence-electron chi connectivity index (χ1n) is 14.7. The highest BCUT2D eigenvalue weighted by molar-refractivity contribution is 7.17. The minimum Gasteiger partial charge on any atom is -0.348 e. The van der Waals surface area contributed by atoms with Crippen LogP contribution in [0.5, 0.6) is 0 Å². The minimum absolute atomic E-state index is 0.0225. The summed E-state index contributed by atoms with van der Waals surface area (Å²) >= 11 is 1.42. The first-order chi connectivity index (χ1) is 21.2. The van der Waals surface area contributed by atoms with Gasteiger partial charge in [0, 0.05) is 36.7 Å². The van der Waals surface area contributed by atoms with Gasteiger partial charge in [-0.05, 0) is 43.5 Å². The largest absolute Gasteiger partial charge is 0.348 e. The van der Waals surface area contributed by atoms with Gasteiger partial charge in [0.25, 0.3) is 17.7 Å². The maximum atomic E-state index is 14.1. The van der Waals surface area contributed by atoms with Crippen LogP contribution in [0.25, 0.3) is 17.3 Å². The molecule has 0 atom stereocenters. The molecule has 0 fully saturated rings. The lowest BCUT2D eigenvalue weighted by Crippen LogP contribution is -2.57. The zero-order chi connectivity index (χ0) is 31.8. The van der Waals surface area contributed by atoms with Crippen LogP contribution >= 0.6 is 11.3 Å². The third-order valence-electron chi connectivity index (χ3n) is 7.23. The van der Waals surface area contributed by atoms with Gasteiger partial charge in [-0.2, -0.15) is 15.3 Å². The number of carbonyl (C=O) groups excluding carboxylic acids is 4. The summed E-state index contributed by atoms with van der Waals surface area (Å²) in [6.45, 7) is 8.56. The molecule has 0 bridgehead atoms. The molecule has 0 N–H and O–H groups in total. The van der Waals surface area contributed by atoms with E-state index in [0.29, 0.717) is 20.6 Å². The molecule has 1 aliphatic rings. The van der Waals surface area contributed by atoms with Crippen molar-refractivity contribution in [3.8, 4) is 17.3 Å². The summed E-state index contributed by atoms with van der Waals surface area (Å²) in [4.78, 5) is 61.7. The molecule has 44 heavy (non-hydrogen) atoms. The maximum absolute atomic E-state index is 14.1. The van der Waals surface area contributed by atoms with Gasteiger partial charge < -0.3 is 4.90 Å². The number of hydrogen-bond donors (Lipinski definition) is 0. The third kappa shape index (κ3) is 6.68. The van der Waals surface area contributed by atoms with E-state index in [4.69, 9.17) is 4.98 Å². The van der Waals surface area contributed by atoms with Crippen LogP contribution < -0.4 is 4.90 Å². The van der Waals surface area contributed by atoms with Crippen molar-refractivity contribution in [3.63, 3.8) is 0 Å². The Hall–Kier alpha value is -4.88.